The lowest BCUT2D eigenvalue weighted by atomic mass is 9.83. The first kappa shape index (κ1) is 13.2. The van der Waals surface area contributed by atoms with Crippen LogP contribution in [0.25, 0.3) is 0 Å². The van der Waals surface area contributed by atoms with Gasteiger partial charge in [0.05, 0.1) is 11.3 Å². The van der Waals surface area contributed by atoms with Crippen LogP contribution in [-0.2, 0) is 6.18 Å². The topological polar surface area (TPSA) is 12.0 Å². The third kappa shape index (κ3) is 3.15. The molecule has 18 heavy (non-hydrogen) atoms. The lowest BCUT2D eigenvalue weighted by Gasteiger charge is -2.25. The zero-order valence-corrected chi connectivity index (χ0v) is 9.86. The molecule has 0 aromatic heterocycles. The zero-order chi connectivity index (χ0) is 13.2. The van der Waals surface area contributed by atoms with E-state index in [0.29, 0.717) is 18.5 Å². The van der Waals surface area contributed by atoms with Gasteiger partial charge in [-0.1, -0.05) is 19.3 Å². The molecule has 1 N–H and O–H groups in total. The van der Waals surface area contributed by atoms with Crippen molar-refractivity contribution >= 4 is 5.69 Å². The first-order chi connectivity index (χ1) is 8.47. The number of rotatable bonds is 4. The Bertz CT molecular complexity index is 410. The maximum absolute atomic E-state index is 13.4. The first-order valence-corrected chi connectivity index (χ1v) is 6.07. The van der Waals surface area contributed by atoms with E-state index < -0.39 is 17.6 Å². The molecule has 0 amide bonds. The molecule has 0 bridgehead atoms. The Labute approximate surface area is 103 Å². The molecule has 1 saturated carbocycles. The average molecular weight is 261 g/mol. The molecule has 0 heterocycles. The van der Waals surface area contributed by atoms with Crippen LogP contribution in [0.5, 0.6) is 0 Å². The van der Waals surface area contributed by atoms with Crippen LogP contribution in [0.1, 0.15) is 31.2 Å². The van der Waals surface area contributed by atoms with Crippen molar-refractivity contribution in [3.63, 3.8) is 0 Å². The van der Waals surface area contributed by atoms with Gasteiger partial charge in [0.2, 0.25) is 0 Å². The van der Waals surface area contributed by atoms with Crippen LogP contribution in [0.4, 0.5) is 23.2 Å². The van der Waals surface area contributed by atoms with E-state index in [4.69, 9.17) is 0 Å². The monoisotopic (exact) mass is 261 g/mol. The van der Waals surface area contributed by atoms with Gasteiger partial charge in [0, 0.05) is 6.54 Å². The van der Waals surface area contributed by atoms with E-state index in [1.165, 1.54) is 19.3 Å². The van der Waals surface area contributed by atoms with E-state index in [1.54, 1.807) is 0 Å². The van der Waals surface area contributed by atoms with Crippen molar-refractivity contribution in [3.05, 3.63) is 29.6 Å². The molecule has 100 valence electrons. The SMILES string of the molecule is Fc1cc(C(F)(F)F)ccc1NCCC1CCC1. The molecule has 0 saturated heterocycles. The summed E-state index contributed by atoms with van der Waals surface area (Å²) in [4.78, 5) is 0. The lowest BCUT2D eigenvalue weighted by Crippen LogP contribution is -2.16. The highest BCUT2D eigenvalue weighted by Crippen LogP contribution is 2.32. The minimum absolute atomic E-state index is 0.141. The Kier molecular flexibility index (Phi) is 3.78. The van der Waals surface area contributed by atoms with Crippen LogP contribution >= 0.6 is 0 Å². The highest BCUT2D eigenvalue weighted by molar-refractivity contribution is 5.46. The number of nitrogens with one attached hydrogen (secondary N) is 1. The molecule has 1 aliphatic rings. The van der Waals surface area contributed by atoms with Crippen LogP contribution in [0.15, 0.2) is 18.2 Å². The predicted molar refractivity (Wildman–Crippen MR) is 61.8 cm³/mol. The Hall–Kier alpha value is -1.26. The second-order valence-corrected chi connectivity index (χ2v) is 4.70. The Morgan fingerprint density at radius 3 is 2.44 bits per heavy atom. The van der Waals surface area contributed by atoms with Gasteiger partial charge in [-0.2, -0.15) is 13.2 Å². The van der Waals surface area contributed by atoms with Crippen LogP contribution in [-0.4, -0.2) is 6.54 Å². The van der Waals surface area contributed by atoms with E-state index in [2.05, 4.69) is 5.32 Å². The number of benzene rings is 1. The highest BCUT2D eigenvalue weighted by atomic mass is 19.4. The third-order valence-corrected chi connectivity index (χ3v) is 3.39. The summed E-state index contributed by atoms with van der Waals surface area (Å²) in [6.45, 7) is 0.604. The van der Waals surface area contributed by atoms with Crippen molar-refractivity contribution in [2.24, 2.45) is 5.92 Å². The Balaban J connectivity index is 1.92. The van der Waals surface area contributed by atoms with Crippen LogP contribution < -0.4 is 5.32 Å². The molecule has 1 aromatic carbocycles. The summed E-state index contributed by atoms with van der Waals surface area (Å²) in [5.41, 5.74) is -0.813. The molecule has 5 heteroatoms. The van der Waals surface area contributed by atoms with Gasteiger partial charge in [-0.05, 0) is 30.5 Å². The van der Waals surface area contributed by atoms with Gasteiger partial charge >= 0.3 is 6.18 Å². The largest absolute Gasteiger partial charge is 0.416 e. The van der Waals surface area contributed by atoms with Crippen molar-refractivity contribution in [2.75, 3.05) is 11.9 Å². The molecule has 1 fully saturated rings. The van der Waals surface area contributed by atoms with E-state index in [9.17, 15) is 17.6 Å². The Morgan fingerprint density at radius 1 is 1.22 bits per heavy atom. The van der Waals surface area contributed by atoms with Gasteiger partial charge in [0.15, 0.2) is 0 Å². The second-order valence-electron chi connectivity index (χ2n) is 4.70. The van der Waals surface area contributed by atoms with Gasteiger partial charge in [0.25, 0.3) is 0 Å². The number of hydrogen-bond acceptors (Lipinski definition) is 1. The van der Waals surface area contributed by atoms with Crippen molar-refractivity contribution in [1.82, 2.24) is 0 Å². The molecule has 0 aliphatic heterocycles. The predicted octanol–water partition coefficient (Wildman–Crippen LogP) is 4.45. The van der Waals surface area contributed by atoms with Gasteiger partial charge in [-0.25, -0.2) is 4.39 Å². The molecule has 1 aromatic rings. The summed E-state index contributed by atoms with van der Waals surface area (Å²) in [5, 5.41) is 2.85. The van der Waals surface area contributed by atoms with Crippen molar-refractivity contribution < 1.29 is 17.6 Å². The molecule has 0 atom stereocenters. The van der Waals surface area contributed by atoms with Gasteiger partial charge < -0.3 is 5.32 Å². The lowest BCUT2D eigenvalue weighted by molar-refractivity contribution is -0.137. The van der Waals surface area contributed by atoms with E-state index in [-0.39, 0.29) is 5.69 Å². The number of hydrogen-bond donors (Lipinski definition) is 1. The second kappa shape index (κ2) is 5.16. The molecule has 1 nitrogen and oxygen atoms in total. The summed E-state index contributed by atoms with van der Waals surface area (Å²) in [6.07, 6.45) is 0.111. The minimum Gasteiger partial charge on any atom is -0.383 e. The fourth-order valence-electron chi connectivity index (χ4n) is 2.03. The molecule has 2 rings (SSSR count). The maximum atomic E-state index is 13.4. The summed E-state index contributed by atoms with van der Waals surface area (Å²) in [6, 6.07) is 2.58. The molecule has 0 radical (unpaired) electrons. The maximum Gasteiger partial charge on any atom is 0.416 e. The minimum atomic E-state index is -4.49. The molecular weight excluding hydrogens is 246 g/mol. The van der Waals surface area contributed by atoms with Crippen molar-refractivity contribution in [3.8, 4) is 0 Å². The molecule has 1 aliphatic carbocycles. The zero-order valence-electron chi connectivity index (χ0n) is 9.86. The van der Waals surface area contributed by atoms with Crippen LogP contribution in [0.3, 0.4) is 0 Å². The summed E-state index contributed by atoms with van der Waals surface area (Å²) in [7, 11) is 0. The summed E-state index contributed by atoms with van der Waals surface area (Å²) < 4.78 is 50.4. The van der Waals surface area contributed by atoms with E-state index >= 15 is 0 Å². The van der Waals surface area contributed by atoms with Crippen molar-refractivity contribution in [2.45, 2.75) is 31.9 Å². The molecule has 0 spiro atoms. The van der Waals surface area contributed by atoms with Gasteiger partial charge in [0.1, 0.15) is 5.82 Å². The number of halogens is 4. The smallest absolute Gasteiger partial charge is 0.383 e. The Morgan fingerprint density at radius 2 is 1.94 bits per heavy atom. The van der Waals surface area contributed by atoms with Gasteiger partial charge in [-0.3, -0.25) is 0 Å². The van der Waals surface area contributed by atoms with Crippen LogP contribution in [0.2, 0.25) is 0 Å². The average Bonchev–Trinajstić information content (AvgIpc) is 2.22. The van der Waals surface area contributed by atoms with E-state index in [0.717, 1.165) is 18.6 Å². The fraction of sp³-hybridized carbons (Fsp3) is 0.538. The van der Waals surface area contributed by atoms with Crippen LogP contribution in [0, 0.1) is 11.7 Å². The summed E-state index contributed by atoms with van der Waals surface area (Å²) in [5.74, 6) is -0.159. The molecule has 0 unspecified atom stereocenters. The standard InChI is InChI=1S/C13H15F4N/c14-11-8-10(13(15,16)17)4-5-12(11)18-7-6-9-2-1-3-9/h4-5,8-9,18H,1-3,6-7H2. The van der Waals surface area contributed by atoms with Gasteiger partial charge in [-0.15, -0.1) is 0 Å². The number of anilines is 1. The fourth-order valence-corrected chi connectivity index (χ4v) is 2.03. The van der Waals surface area contributed by atoms with E-state index in [1.807, 2.05) is 0 Å². The number of alkyl halides is 3. The quantitative estimate of drug-likeness (QED) is 0.790. The highest BCUT2D eigenvalue weighted by Gasteiger charge is 2.31. The summed E-state index contributed by atoms with van der Waals surface area (Å²) >= 11 is 0. The first-order valence-electron chi connectivity index (χ1n) is 6.07. The third-order valence-electron chi connectivity index (χ3n) is 3.39. The molecular formula is C13H15F4N. The van der Waals surface area contributed by atoms with Crippen molar-refractivity contribution in [1.29, 1.82) is 0 Å². The normalized spacial score (nSPS) is 16.4.